The highest BCUT2D eigenvalue weighted by atomic mass is 15.3. The molecule has 4 heteroatoms. The van der Waals surface area contributed by atoms with E-state index in [1.807, 2.05) is 11.7 Å². The Hall–Kier alpha value is -1.91. The first-order chi connectivity index (χ1) is 11.2. The van der Waals surface area contributed by atoms with Gasteiger partial charge in [0.05, 0.1) is 5.69 Å². The number of aryl methyl sites for hydroxylation is 2. The van der Waals surface area contributed by atoms with Crippen molar-refractivity contribution in [1.82, 2.24) is 19.6 Å². The molecule has 1 aliphatic rings. The molecule has 2 heterocycles. The van der Waals surface area contributed by atoms with Crippen LogP contribution in [0.3, 0.4) is 0 Å². The van der Waals surface area contributed by atoms with Crippen LogP contribution in [0.25, 0.3) is 6.08 Å². The molecule has 0 radical (unpaired) electrons. The van der Waals surface area contributed by atoms with Gasteiger partial charge in [-0.15, -0.1) is 0 Å². The maximum absolute atomic E-state index is 4.43. The van der Waals surface area contributed by atoms with Gasteiger partial charge in [-0.25, -0.2) is 0 Å². The van der Waals surface area contributed by atoms with Crippen LogP contribution in [0.1, 0.15) is 16.8 Å². The van der Waals surface area contributed by atoms with E-state index >= 15 is 0 Å². The fourth-order valence-electron chi connectivity index (χ4n) is 3.08. The Kier molecular flexibility index (Phi) is 5.26. The second-order valence-electron chi connectivity index (χ2n) is 6.30. The first-order valence-corrected chi connectivity index (χ1v) is 8.36. The fourth-order valence-corrected chi connectivity index (χ4v) is 3.08. The predicted molar refractivity (Wildman–Crippen MR) is 95.1 cm³/mol. The van der Waals surface area contributed by atoms with E-state index in [-0.39, 0.29) is 0 Å². The Morgan fingerprint density at radius 3 is 2.39 bits per heavy atom. The Balaban J connectivity index is 1.43. The van der Waals surface area contributed by atoms with Gasteiger partial charge in [0, 0.05) is 58.1 Å². The molecule has 0 spiro atoms. The van der Waals surface area contributed by atoms with Gasteiger partial charge in [0.1, 0.15) is 0 Å². The van der Waals surface area contributed by atoms with Crippen molar-refractivity contribution < 1.29 is 0 Å². The lowest BCUT2D eigenvalue weighted by Gasteiger charge is -2.34. The lowest BCUT2D eigenvalue weighted by atomic mass is 10.2. The summed E-state index contributed by atoms with van der Waals surface area (Å²) in [7, 11) is 1.99. The van der Waals surface area contributed by atoms with E-state index in [1.165, 1.54) is 11.1 Å². The smallest absolute Gasteiger partial charge is 0.0638 e. The van der Waals surface area contributed by atoms with Gasteiger partial charge in [0.15, 0.2) is 0 Å². The highest BCUT2D eigenvalue weighted by molar-refractivity contribution is 5.48. The summed E-state index contributed by atoms with van der Waals surface area (Å²) in [5, 5.41) is 4.43. The molecule has 2 aromatic rings. The number of aromatic nitrogens is 2. The largest absolute Gasteiger partial charge is 0.297 e. The first kappa shape index (κ1) is 16.0. The first-order valence-electron chi connectivity index (χ1n) is 8.36. The molecular formula is C19H26N4. The molecule has 0 aliphatic carbocycles. The molecule has 1 saturated heterocycles. The van der Waals surface area contributed by atoms with E-state index in [0.717, 1.165) is 45.0 Å². The zero-order chi connectivity index (χ0) is 16.1. The minimum atomic E-state index is 1.02. The highest BCUT2D eigenvalue weighted by Crippen LogP contribution is 2.11. The van der Waals surface area contributed by atoms with Crippen LogP contribution in [0.4, 0.5) is 0 Å². The minimum Gasteiger partial charge on any atom is -0.297 e. The van der Waals surface area contributed by atoms with E-state index in [1.54, 1.807) is 0 Å². The lowest BCUT2D eigenvalue weighted by molar-refractivity contribution is 0.137. The lowest BCUT2D eigenvalue weighted by Crippen LogP contribution is -2.45. The molecule has 0 N–H and O–H groups in total. The van der Waals surface area contributed by atoms with E-state index in [2.05, 4.69) is 70.5 Å². The molecule has 0 saturated carbocycles. The number of rotatable bonds is 5. The van der Waals surface area contributed by atoms with Crippen LogP contribution >= 0.6 is 0 Å². The number of hydrogen-bond donors (Lipinski definition) is 0. The van der Waals surface area contributed by atoms with E-state index in [0.29, 0.717) is 0 Å². The number of nitrogens with zero attached hydrogens (tertiary/aromatic N) is 4. The standard InChI is InChI=1S/C19H26N4/c1-17-19(15-21(2)20-17)16-23-13-11-22(12-14-23)10-6-9-18-7-4-3-5-8-18/h3-9,15H,10-14,16H2,1-2H3/b9-6+. The molecule has 4 nitrogen and oxygen atoms in total. The third-order valence-corrected chi connectivity index (χ3v) is 4.45. The van der Waals surface area contributed by atoms with Crippen molar-refractivity contribution in [2.24, 2.45) is 7.05 Å². The van der Waals surface area contributed by atoms with Gasteiger partial charge >= 0.3 is 0 Å². The second kappa shape index (κ2) is 7.57. The average Bonchev–Trinajstić information content (AvgIpc) is 2.88. The van der Waals surface area contributed by atoms with Crippen molar-refractivity contribution in [2.75, 3.05) is 32.7 Å². The monoisotopic (exact) mass is 310 g/mol. The Morgan fingerprint density at radius 1 is 1.04 bits per heavy atom. The van der Waals surface area contributed by atoms with Crippen LogP contribution in [0.5, 0.6) is 0 Å². The van der Waals surface area contributed by atoms with Crippen molar-refractivity contribution in [3.05, 3.63) is 59.4 Å². The summed E-state index contributed by atoms with van der Waals surface area (Å²) in [4.78, 5) is 5.05. The molecule has 23 heavy (non-hydrogen) atoms. The third kappa shape index (κ3) is 4.53. The molecular weight excluding hydrogens is 284 g/mol. The molecule has 1 aromatic carbocycles. The normalized spacial score (nSPS) is 17.1. The van der Waals surface area contributed by atoms with Crippen molar-refractivity contribution >= 4 is 6.08 Å². The van der Waals surface area contributed by atoms with Gasteiger partial charge in [-0.2, -0.15) is 5.10 Å². The van der Waals surface area contributed by atoms with Crippen LogP contribution < -0.4 is 0 Å². The third-order valence-electron chi connectivity index (χ3n) is 4.45. The molecule has 0 amide bonds. The summed E-state index contributed by atoms with van der Waals surface area (Å²) in [6.45, 7) is 8.69. The van der Waals surface area contributed by atoms with Crippen molar-refractivity contribution in [3.8, 4) is 0 Å². The summed E-state index contributed by atoms with van der Waals surface area (Å²) >= 11 is 0. The number of piperazine rings is 1. The molecule has 0 bridgehead atoms. The molecule has 0 atom stereocenters. The quantitative estimate of drug-likeness (QED) is 0.848. The SMILES string of the molecule is Cc1nn(C)cc1CN1CCN(C/C=C/c2ccccc2)CC1. The Bertz CT molecular complexity index is 637. The summed E-state index contributed by atoms with van der Waals surface area (Å²) in [5.41, 5.74) is 3.78. The molecule has 1 fully saturated rings. The molecule has 122 valence electrons. The average molecular weight is 310 g/mol. The van der Waals surface area contributed by atoms with Crippen LogP contribution in [-0.2, 0) is 13.6 Å². The van der Waals surface area contributed by atoms with Crippen LogP contribution in [-0.4, -0.2) is 52.3 Å². The zero-order valence-corrected chi connectivity index (χ0v) is 14.2. The number of hydrogen-bond acceptors (Lipinski definition) is 3. The van der Waals surface area contributed by atoms with E-state index in [9.17, 15) is 0 Å². The van der Waals surface area contributed by atoms with E-state index < -0.39 is 0 Å². The zero-order valence-electron chi connectivity index (χ0n) is 14.2. The van der Waals surface area contributed by atoms with Gasteiger partial charge in [0.25, 0.3) is 0 Å². The van der Waals surface area contributed by atoms with Crippen LogP contribution in [0.2, 0.25) is 0 Å². The van der Waals surface area contributed by atoms with Crippen LogP contribution in [0, 0.1) is 6.92 Å². The van der Waals surface area contributed by atoms with Crippen LogP contribution in [0.15, 0.2) is 42.6 Å². The van der Waals surface area contributed by atoms with Crippen molar-refractivity contribution in [2.45, 2.75) is 13.5 Å². The van der Waals surface area contributed by atoms with Gasteiger partial charge in [-0.3, -0.25) is 14.5 Å². The maximum Gasteiger partial charge on any atom is 0.0638 e. The van der Waals surface area contributed by atoms with Crippen molar-refractivity contribution in [3.63, 3.8) is 0 Å². The van der Waals surface area contributed by atoms with Gasteiger partial charge in [0.2, 0.25) is 0 Å². The summed E-state index contributed by atoms with van der Waals surface area (Å²) in [6.07, 6.45) is 6.63. The Labute approximate surface area is 139 Å². The fraction of sp³-hybridized carbons (Fsp3) is 0.421. The molecule has 3 rings (SSSR count). The predicted octanol–water partition coefficient (Wildman–Crippen LogP) is 2.56. The Morgan fingerprint density at radius 2 is 1.74 bits per heavy atom. The minimum absolute atomic E-state index is 1.02. The topological polar surface area (TPSA) is 24.3 Å². The van der Waals surface area contributed by atoms with Gasteiger partial charge in [-0.1, -0.05) is 42.5 Å². The van der Waals surface area contributed by atoms with E-state index in [4.69, 9.17) is 0 Å². The van der Waals surface area contributed by atoms with Crippen molar-refractivity contribution in [1.29, 1.82) is 0 Å². The number of benzene rings is 1. The van der Waals surface area contributed by atoms with Gasteiger partial charge < -0.3 is 0 Å². The summed E-state index contributed by atoms with van der Waals surface area (Å²) < 4.78 is 1.91. The second-order valence-corrected chi connectivity index (χ2v) is 6.30. The molecule has 0 unspecified atom stereocenters. The maximum atomic E-state index is 4.43. The molecule has 1 aromatic heterocycles. The summed E-state index contributed by atoms with van der Waals surface area (Å²) in [6, 6.07) is 10.5. The van der Waals surface area contributed by atoms with Gasteiger partial charge in [-0.05, 0) is 12.5 Å². The summed E-state index contributed by atoms with van der Waals surface area (Å²) in [5.74, 6) is 0. The highest BCUT2D eigenvalue weighted by Gasteiger charge is 2.17. The molecule has 1 aliphatic heterocycles.